The summed E-state index contributed by atoms with van der Waals surface area (Å²) in [5.41, 5.74) is 4.77. The van der Waals surface area contributed by atoms with Crippen molar-refractivity contribution in [3.05, 3.63) is 101 Å². The number of rotatable bonds is 12. The van der Waals surface area contributed by atoms with Crippen molar-refractivity contribution in [1.29, 1.82) is 0 Å². The highest BCUT2D eigenvalue weighted by Crippen LogP contribution is 2.30. The summed E-state index contributed by atoms with van der Waals surface area (Å²) >= 11 is 0. The molecule has 0 atom stereocenters. The van der Waals surface area contributed by atoms with Crippen LogP contribution in [-0.2, 0) is 11.3 Å². The zero-order chi connectivity index (χ0) is 31.1. The summed E-state index contributed by atoms with van der Waals surface area (Å²) in [6.45, 7) is 13.9. The number of nitrogens with zero attached hydrogens (tertiary/aromatic N) is 4. The van der Waals surface area contributed by atoms with Gasteiger partial charge < -0.3 is 19.9 Å². The van der Waals surface area contributed by atoms with Gasteiger partial charge in [0.2, 0.25) is 5.91 Å². The Morgan fingerprint density at radius 1 is 1.05 bits per heavy atom. The first-order chi connectivity index (χ1) is 21.3. The van der Waals surface area contributed by atoms with Gasteiger partial charge in [0.05, 0.1) is 17.8 Å². The lowest BCUT2D eigenvalue weighted by molar-refractivity contribution is -0.116. The van der Waals surface area contributed by atoms with Gasteiger partial charge in [0, 0.05) is 49.2 Å². The topological polar surface area (TPSA) is 79.7 Å². The molecular formula is C36H43N5O3. The average molecular weight is 594 g/mol. The minimum Gasteiger partial charge on any atom is -0.490 e. The smallest absolute Gasteiger partial charge is 0.348 e. The van der Waals surface area contributed by atoms with Crippen LogP contribution in [0.5, 0.6) is 5.75 Å². The minimum absolute atomic E-state index is 0.000419. The van der Waals surface area contributed by atoms with E-state index in [0.717, 1.165) is 66.9 Å². The summed E-state index contributed by atoms with van der Waals surface area (Å²) in [6.07, 6.45) is 3.00. The quantitative estimate of drug-likeness (QED) is 0.210. The minimum atomic E-state index is -0.335. The van der Waals surface area contributed by atoms with E-state index in [9.17, 15) is 9.59 Å². The number of carbonyl (C=O) groups is 1. The second-order valence-corrected chi connectivity index (χ2v) is 11.9. The molecule has 2 heterocycles. The van der Waals surface area contributed by atoms with Crippen molar-refractivity contribution in [2.75, 3.05) is 51.7 Å². The molecule has 0 spiro atoms. The Morgan fingerprint density at radius 2 is 1.82 bits per heavy atom. The van der Waals surface area contributed by atoms with E-state index in [1.807, 2.05) is 54.6 Å². The molecule has 1 fully saturated rings. The number of anilines is 1. The molecule has 0 bridgehead atoms. The molecule has 1 aromatic heterocycles. The fraction of sp³-hybridized carbons (Fsp3) is 0.361. The predicted molar refractivity (Wildman–Crippen MR) is 179 cm³/mol. The third-order valence-corrected chi connectivity index (χ3v) is 8.20. The third-order valence-electron chi connectivity index (χ3n) is 8.20. The molecule has 8 heteroatoms. The maximum atomic E-state index is 13.5. The van der Waals surface area contributed by atoms with E-state index < -0.39 is 0 Å². The number of nitrogens with one attached hydrogen (secondary N) is 1. The summed E-state index contributed by atoms with van der Waals surface area (Å²) in [7, 11) is 2.15. The van der Waals surface area contributed by atoms with E-state index in [4.69, 9.17) is 4.74 Å². The van der Waals surface area contributed by atoms with Gasteiger partial charge in [-0.05, 0) is 67.4 Å². The predicted octanol–water partition coefficient (Wildman–Crippen LogP) is 5.77. The van der Waals surface area contributed by atoms with Crippen molar-refractivity contribution in [2.24, 2.45) is 0 Å². The fourth-order valence-electron chi connectivity index (χ4n) is 5.59. The first kappa shape index (κ1) is 31.2. The van der Waals surface area contributed by atoms with Gasteiger partial charge in [-0.25, -0.2) is 4.79 Å². The van der Waals surface area contributed by atoms with E-state index in [1.165, 1.54) is 5.56 Å². The second kappa shape index (κ2) is 14.5. The number of piperazine rings is 1. The number of fused-ring (bicyclic) bond motifs is 1. The molecule has 1 amide bonds. The third kappa shape index (κ3) is 7.81. The zero-order valence-electron chi connectivity index (χ0n) is 26.1. The van der Waals surface area contributed by atoms with Gasteiger partial charge in [0.1, 0.15) is 12.4 Å². The molecule has 5 rings (SSSR count). The standard InChI is InChI=1S/C36H43N5O3/c1-5-22-44-31-15-16-33-32(24-31)35(29-13-11-28(12-14-29)26(2)3)38-36(43)41(33)25-27-8-6-9-30(23-27)37-34(42)10-7-17-40-20-18-39(4)19-21-40/h5-6,8-9,11-16,23-24,26H,1,7,10,17-22,25H2,2-4H3,(H,37,42). The maximum absolute atomic E-state index is 13.5. The molecule has 0 aliphatic carbocycles. The highest BCUT2D eigenvalue weighted by molar-refractivity contribution is 5.93. The van der Waals surface area contributed by atoms with Gasteiger partial charge in [-0.2, -0.15) is 4.98 Å². The van der Waals surface area contributed by atoms with Gasteiger partial charge in [-0.3, -0.25) is 9.36 Å². The van der Waals surface area contributed by atoms with Crippen LogP contribution in [0.1, 0.15) is 43.7 Å². The molecule has 1 N–H and O–H groups in total. The van der Waals surface area contributed by atoms with E-state index in [1.54, 1.807) is 10.6 Å². The summed E-state index contributed by atoms with van der Waals surface area (Å²) in [5.74, 6) is 1.09. The van der Waals surface area contributed by atoms with Gasteiger partial charge >= 0.3 is 5.69 Å². The van der Waals surface area contributed by atoms with Crippen LogP contribution < -0.4 is 15.7 Å². The highest BCUT2D eigenvalue weighted by Gasteiger charge is 2.16. The second-order valence-electron chi connectivity index (χ2n) is 11.9. The molecule has 1 saturated heterocycles. The Labute approximate surface area is 260 Å². The fourth-order valence-corrected chi connectivity index (χ4v) is 5.59. The van der Waals surface area contributed by atoms with Gasteiger partial charge in [0.15, 0.2) is 0 Å². The number of carbonyl (C=O) groups excluding carboxylic acids is 1. The van der Waals surface area contributed by atoms with Crippen molar-refractivity contribution in [3.8, 4) is 17.0 Å². The van der Waals surface area contributed by atoms with Crippen LogP contribution in [-0.4, -0.2) is 71.6 Å². The van der Waals surface area contributed by atoms with E-state index in [0.29, 0.717) is 36.9 Å². The van der Waals surface area contributed by atoms with Crippen molar-refractivity contribution in [3.63, 3.8) is 0 Å². The molecular weight excluding hydrogens is 550 g/mol. The molecule has 8 nitrogen and oxygen atoms in total. The lowest BCUT2D eigenvalue weighted by Crippen LogP contribution is -2.44. The largest absolute Gasteiger partial charge is 0.490 e. The van der Waals surface area contributed by atoms with Crippen molar-refractivity contribution in [1.82, 2.24) is 19.4 Å². The SMILES string of the molecule is C=CCOc1ccc2c(c1)c(-c1ccc(C(C)C)cc1)nc(=O)n2Cc1cccc(NC(=O)CCCN2CCN(C)CC2)c1. The first-order valence-corrected chi connectivity index (χ1v) is 15.5. The lowest BCUT2D eigenvalue weighted by atomic mass is 9.99. The molecule has 230 valence electrons. The van der Waals surface area contributed by atoms with Crippen LogP contribution in [0.4, 0.5) is 5.69 Å². The van der Waals surface area contributed by atoms with Crippen LogP contribution in [0.25, 0.3) is 22.2 Å². The average Bonchev–Trinajstić information content (AvgIpc) is 3.02. The summed E-state index contributed by atoms with van der Waals surface area (Å²) in [5, 5.41) is 3.87. The number of aromatic nitrogens is 2. The van der Waals surface area contributed by atoms with Crippen molar-refractivity contribution in [2.45, 2.75) is 39.2 Å². The van der Waals surface area contributed by atoms with E-state index in [-0.39, 0.29) is 11.6 Å². The van der Waals surface area contributed by atoms with Crippen LogP contribution >= 0.6 is 0 Å². The van der Waals surface area contributed by atoms with E-state index >= 15 is 0 Å². The van der Waals surface area contributed by atoms with Crippen molar-refractivity contribution < 1.29 is 9.53 Å². The highest BCUT2D eigenvalue weighted by atomic mass is 16.5. The van der Waals surface area contributed by atoms with E-state index in [2.05, 4.69) is 59.7 Å². The number of hydrogen-bond acceptors (Lipinski definition) is 6. The molecule has 4 aromatic rings. The molecule has 0 saturated carbocycles. The molecule has 44 heavy (non-hydrogen) atoms. The van der Waals surface area contributed by atoms with Crippen LogP contribution in [0.3, 0.4) is 0 Å². The lowest BCUT2D eigenvalue weighted by Gasteiger charge is -2.32. The van der Waals surface area contributed by atoms with Crippen LogP contribution in [0.15, 0.2) is 84.2 Å². The number of ether oxygens (including phenoxy) is 1. The van der Waals surface area contributed by atoms with Crippen molar-refractivity contribution >= 4 is 22.5 Å². The Bertz CT molecular complexity index is 1650. The zero-order valence-corrected chi connectivity index (χ0v) is 26.1. The maximum Gasteiger partial charge on any atom is 0.348 e. The summed E-state index contributed by atoms with van der Waals surface area (Å²) in [6, 6.07) is 21.6. The normalized spacial score (nSPS) is 14.2. The molecule has 1 aliphatic heterocycles. The molecule has 3 aromatic carbocycles. The number of amides is 1. The first-order valence-electron chi connectivity index (χ1n) is 15.5. The Hall–Kier alpha value is -4.27. The Balaban J connectivity index is 1.36. The Morgan fingerprint density at radius 3 is 2.55 bits per heavy atom. The molecule has 0 unspecified atom stereocenters. The number of benzene rings is 3. The summed E-state index contributed by atoms with van der Waals surface area (Å²) in [4.78, 5) is 35.6. The monoisotopic (exact) mass is 593 g/mol. The van der Waals surface area contributed by atoms with Gasteiger partial charge in [-0.1, -0.05) is 62.9 Å². The van der Waals surface area contributed by atoms with Crippen LogP contribution in [0.2, 0.25) is 0 Å². The number of likely N-dealkylation sites (N-methyl/N-ethyl adjacent to an activating group) is 1. The Kier molecular flexibility index (Phi) is 10.2. The van der Waals surface area contributed by atoms with Gasteiger partial charge in [0.25, 0.3) is 0 Å². The molecule has 0 radical (unpaired) electrons. The van der Waals surface area contributed by atoms with Crippen LogP contribution in [0, 0.1) is 0 Å². The number of hydrogen-bond donors (Lipinski definition) is 1. The summed E-state index contributed by atoms with van der Waals surface area (Å²) < 4.78 is 7.51. The molecule has 1 aliphatic rings. The van der Waals surface area contributed by atoms with Gasteiger partial charge in [-0.15, -0.1) is 0 Å².